The van der Waals surface area contributed by atoms with Gasteiger partial charge in [0.15, 0.2) is 0 Å². The third kappa shape index (κ3) is 4.81. The quantitative estimate of drug-likeness (QED) is 0.490. The fourth-order valence-corrected chi connectivity index (χ4v) is 3.54. The van der Waals surface area contributed by atoms with Gasteiger partial charge in [0.2, 0.25) is 5.95 Å². The molecule has 1 aliphatic heterocycles. The van der Waals surface area contributed by atoms with Crippen molar-refractivity contribution in [2.75, 3.05) is 36.5 Å². The van der Waals surface area contributed by atoms with Crippen LogP contribution in [-0.2, 0) is 4.74 Å². The second kappa shape index (κ2) is 10.00. The number of nitrogens with one attached hydrogen (secondary N) is 1. The number of hydrogen-bond acceptors (Lipinski definition) is 6. The van der Waals surface area contributed by atoms with E-state index in [1.54, 1.807) is 0 Å². The second-order valence-corrected chi connectivity index (χ2v) is 6.93. The summed E-state index contributed by atoms with van der Waals surface area (Å²) in [5.41, 5.74) is 4.02. The number of rotatable bonds is 4. The molecular formula is C25H27N5O. The van der Waals surface area contributed by atoms with E-state index in [0.717, 1.165) is 59.8 Å². The molecule has 0 spiro atoms. The molecule has 5 rings (SSSR count). The van der Waals surface area contributed by atoms with Crippen molar-refractivity contribution in [2.24, 2.45) is 0 Å². The van der Waals surface area contributed by atoms with Gasteiger partial charge in [-0.05, 0) is 17.7 Å². The maximum absolute atomic E-state index is 5.40. The number of aromatic nitrogens is 3. The Bertz CT molecular complexity index is 1110. The topological polar surface area (TPSA) is 63.2 Å². The van der Waals surface area contributed by atoms with Gasteiger partial charge in [-0.1, -0.05) is 62.4 Å². The summed E-state index contributed by atoms with van der Waals surface area (Å²) in [5, 5.41) is 4.29. The number of fused-ring (bicyclic) bond motifs is 1. The van der Waals surface area contributed by atoms with Crippen LogP contribution < -0.4 is 10.2 Å². The number of benzene rings is 2. The van der Waals surface area contributed by atoms with Gasteiger partial charge in [0, 0.05) is 30.2 Å². The number of anilines is 3. The zero-order chi connectivity index (χ0) is 21.5. The molecule has 0 unspecified atom stereocenters. The standard InChI is InChI=1S/C23H21N5O.C2H6/c1-2-5-17(6-3-1)20-8-4-7-18-15-25-23(27-22(18)20)26-19-9-10-21(24-16-19)28-11-13-29-14-12-28;1-2/h1-10,15-16H,11-14H2,(H,25,26,27);1-2H3. The molecular weight excluding hydrogens is 386 g/mol. The lowest BCUT2D eigenvalue weighted by Crippen LogP contribution is -2.36. The first-order valence-corrected chi connectivity index (χ1v) is 10.7. The molecule has 3 heterocycles. The maximum atomic E-state index is 5.40. The predicted octanol–water partition coefficient (Wildman–Crippen LogP) is 5.30. The Morgan fingerprint density at radius 3 is 2.39 bits per heavy atom. The minimum absolute atomic E-state index is 0.557. The first-order valence-electron chi connectivity index (χ1n) is 10.7. The van der Waals surface area contributed by atoms with Crippen molar-refractivity contribution >= 4 is 28.4 Å². The van der Waals surface area contributed by atoms with Crippen LogP contribution in [0.15, 0.2) is 73.1 Å². The second-order valence-electron chi connectivity index (χ2n) is 6.93. The van der Waals surface area contributed by atoms with Crippen LogP contribution in [0.4, 0.5) is 17.5 Å². The molecule has 2 aromatic carbocycles. The largest absolute Gasteiger partial charge is 0.378 e. The van der Waals surface area contributed by atoms with Crippen LogP contribution in [0.5, 0.6) is 0 Å². The van der Waals surface area contributed by atoms with Gasteiger partial charge in [0.25, 0.3) is 0 Å². The van der Waals surface area contributed by atoms with Gasteiger partial charge in [-0.15, -0.1) is 0 Å². The molecule has 0 radical (unpaired) electrons. The van der Waals surface area contributed by atoms with E-state index in [9.17, 15) is 0 Å². The number of morpholine rings is 1. The van der Waals surface area contributed by atoms with Crippen molar-refractivity contribution in [3.63, 3.8) is 0 Å². The van der Waals surface area contributed by atoms with E-state index in [1.807, 2.05) is 68.7 Å². The molecule has 1 aliphatic rings. The third-order valence-corrected chi connectivity index (χ3v) is 5.03. The van der Waals surface area contributed by atoms with Crippen molar-refractivity contribution in [1.82, 2.24) is 15.0 Å². The summed E-state index contributed by atoms with van der Waals surface area (Å²) in [6.45, 7) is 7.23. The zero-order valence-corrected chi connectivity index (χ0v) is 18.0. The van der Waals surface area contributed by atoms with Gasteiger partial charge in [-0.2, -0.15) is 0 Å². The molecule has 1 fully saturated rings. The molecule has 1 saturated heterocycles. The van der Waals surface area contributed by atoms with Gasteiger partial charge in [0.1, 0.15) is 5.82 Å². The smallest absolute Gasteiger partial charge is 0.227 e. The summed E-state index contributed by atoms with van der Waals surface area (Å²) in [5.74, 6) is 1.52. The van der Waals surface area contributed by atoms with E-state index in [2.05, 4.69) is 38.4 Å². The molecule has 0 bridgehead atoms. The van der Waals surface area contributed by atoms with Crippen LogP contribution >= 0.6 is 0 Å². The van der Waals surface area contributed by atoms with Crippen molar-refractivity contribution in [1.29, 1.82) is 0 Å². The zero-order valence-electron chi connectivity index (χ0n) is 18.0. The third-order valence-electron chi connectivity index (χ3n) is 5.03. The first kappa shape index (κ1) is 20.8. The SMILES string of the molecule is CC.c1ccc(-c2cccc3cnc(Nc4ccc(N5CCOCC5)nc4)nc23)cc1. The van der Waals surface area contributed by atoms with Gasteiger partial charge < -0.3 is 15.0 Å². The molecule has 0 saturated carbocycles. The van der Waals surface area contributed by atoms with Crippen molar-refractivity contribution < 1.29 is 4.74 Å². The summed E-state index contributed by atoms with van der Waals surface area (Å²) in [6.07, 6.45) is 3.67. The molecule has 6 heteroatoms. The van der Waals surface area contributed by atoms with Crippen LogP contribution in [0.1, 0.15) is 13.8 Å². The number of nitrogens with zero attached hydrogens (tertiary/aromatic N) is 4. The van der Waals surface area contributed by atoms with E-state index in [-0.39, 0.29) is 0 Å². The minimum Gasteiger partial charge on any atom is -0.378 e. The highest BCUT2D eigenvalue weighted by molar-refractivity contribution is 5.93. The van der Waals surface area contributed by atoms with E-state index in [1.165, 1.54) is 0 Å². The number of para-hydroxylation sites is 1. The average Bonchev–Trinajstić information content (AvgIpc) is 2.86. The molecule has 158 valence electrons. The summed E-state index contributed by atoms with van der Waals surface area (Å²) >= 11 is 0. The summed E-state index contributed by atoms with van der Waals surface area (Å²) in [4.78, 5) is 16.1. The summed E-state index contributed by atoms with van der Waals surface area (Å²) < 4.78 is 5.40. The molecule has 4 aromatic rings. The predicted molar refractivity (Wildman–Crippen MR) is 127 cm³/mol. The van der Waals surface area contributed by atoms with Crippen LogP contribution in [0.2, 0.25) is 0 Å². The molecule has 1 N–H and O–H groups in total. The Balaban J connectivity index is 0.00000112. The Kier molecular flexibility index (Phi) is 6.69. The highest BCUT2D eigenvalue weighted by Crippen LogP contribution is 2.28. The average molecular weight is 414 g/mol. The van der Waals surface area contributed by atoms with Gasteiger partial charge in [-0.3, -0.25) is 0 Å². The van der Waals surface area contributed by atoms with E-state index in [4.69, 9.17) is 9.72 Å². The van der Waals surface area contributed by atoms with Gasteiger partial charge >= 0.3 is 0 Å². The fourth-order valence-electron chi connectivity index (χ4n) is 3.54. The van der Waals surface area contributed by atoms with Crippen LogP contribution in [0.3, 0.4) is 0 Å². The lowest BCUT2D eigenvalue weighted by Gasteiger charge is -2.27. The molecule has 0 aliphatic carbocycles. The molecule has 6 nitrogen and oxygen atoms in total. The van der Waals surface area contributed by atoms with E-state index < -0.39 is 0 Å². The molecule has 2 aromatic heterocycles. The van der Waals surface area contributed by atoms with Crippen LogP contribution in [0, 0.1) is 0 Å². The van der Waals surface area contributed by atoms with Crippen LogP contribution in [-0.4, -0.2) is 41.3 Å². The normalized spacial score (nSPS) is 13.4. The van der Waals surface area contributed by atoms with Crippen molar-refractivity contribution in [3.05, 3.63) is 73.1 Å². The Hall–Kier alpha value is -3.51. The highest BCUT2D eigenvalue weighted by Gasteiger charge is 2.12. The maximum Gasteiger partial charge on any atom is 0.227 e. The van der Waals surface area contributed by atoms with Crippen molar-refractivity contribution in [3.8, 4) is 11.1 Å². The number of ether oxygens (including phenoxy) is 1. The van der Waals surface area contributed by atoms with E-state index in [0.29, 0.717) is 5.95 Å². The Morgan fingerprint density at radius 2 is 1.65 bits per heavy atom. The fraction of sp³-hybridized carbons (Fsp3) is 0.240. The highest BCUT2D eigenvalue weighted by atomic mass is 16.5. The van der Waals surface area contributed by atoms with Crippen LogP contribution in [0.25, 0.3) is 22.0 Å². The van der Waals surface area contributed by atoms with Gasteiger partial charge in [-0.25, -0.2) is 15.0 Å². The molecule has 31 heavy (non-hydrogen) atoms. The Labute approximate surface area is 182 Å². The summed E-state index contributed by atoms with van der Waals surface area (Å²) in [6, 6.07) is 20.5. The molecule has 0 atom stereocenters. The first-order chi connectivity index (χ1) is 15.4. The Morgan fingerprint density at radius 1 is 0.839 bits per heavy atom. The van der Waals surface area contributed by atoms with Crippen molar-refractivity contribution in [2.45, 2.75) is 13.8 Å². The number of pyridine rings is 1. The van der Waals surface area contributed by atoms with Gasteiger partial charge in [0.05, 0.1) is 30.6 Å². The lowest BCUT2D eigenvalue weighted by molar-refractivity contribution is 0.122. The lowest BCUT2D eigenvalue weighted by atomic mass is 10.0. The minimum atomic E-state index is 0.557. The monoisotopic (exact) mass is 413 g/mol. The number of hydrogen-bond donors (Lipinski definition) is 1. The van der Waals surface area contributed by atoms with E-state index >= 15 is 0 Å². The summed E-state index contributed by atoms with van der Waals surface area (Å²) in [7, 11) is 0. The molecule has 0 amide bonds.